The van der Waals surface area contributed by atoms with E-state index in [-0.39, 0.29) is 28.1 Å². The maximum absolute atomic E-state index is 14.6. The highest BCUT2D eigenvalue weighted by Crippen LogP contribution is 2.43. The van der Waals surface area contributed by atoms with Crippen molar-refractivity contribution < 1.29 is 18.0 Å². The number of ketones is 1. The molecular weight excluding hydrogens is 477 g/mol. The highest BCUT2D eigenvalue weighted by molar-refractivity contribution is 5.99. The van der Waals surface area contributed by atoms with Crippen LogP contribution in [0.4, 0.5) is 13.2 Å². The maximum Gasteiger partial charge on any atom is 0.417 e. The number of fused-ring (bicyclic) bond motifs is 1. The number of Topliss-reactive ketones (excluding diaryl/α,β-unsaturated/α-hetero) is 1. The molecule has 1 saturated heterocycles. The molecule has 8 heteroatoms. The van der Waals surface area contributed by atoms with Gasteiger partial charge in [0, 0.05) is 55.6 Å². The van der Waals surface area contributed by atoms with Gasteiger partial charge in [0.15, 0.2) is 5.78 Å². The minimum Gasteiger partial charge on any atom is -0.375 e. The predicted molar refractivity (Wildman–Crippen MR) is 137 cm³/mol. The summed E-state index contributed by atoms with van der Waals surface area (Å²) in [6.07, 6.45) is -0.759. The Kier molecular flexibility index (Phi) is 7.18. The van der Waals surface area contributed by atoms with Crippen LogP contribution in [0.2, 0.25) is 0 Å². The number of nitriles is 1. The number of aryl methyl sites for hydroxylation is 2. The number of hydrogen-bond acceptors (Lipinski definition) is 4. The molecule has 4 rings (SSSR count). The number of alkyl halides is 3. The van der Waals surface area contributed by atoms with Gasteiger partial charge in [-0.05, 0) is 54.4 Å². The lowest BCUT2D eigenvalue weighted by atomic mass is 9.86. The van der Waals surface area contributed by atoms with Gasteiger partial charge in [0.2, 0.25) is 0 Å². The van der Waals surface area contributed by atoms with Gasteiger partial charge in [-0.15, -0.1) is 0 Å². The van der Waals surface area contributed by atoms with Crippen LogP contribution in [0.3, 0.4) is 0 Å². The Bertz CT molecular complexity index is 1400. The Morgan fingerprint density at radius 2 is 1.95 bits per heavy atom. The van der Waals surface area contributed by atoms with E-state index in [4.69, 9.17) is 0 Å². The molecule has 0 aliphatic carbocycles. The van der Waals surface area contributed by atoms with Gasteiger partial charge in [-0.1, -0.05) is 32.6 Å². The SMILES string of the molecule is C=C(C(C)C)N1CCC(c2cn(C)c3ncc(CC(=O)c4ccc(C)c(C#N)c4)c(C(F)(F)F)c23)CC1. The fourth-order valence-corrected chi connectivity index (χ4v) is 5.22. The molecule has 3 aromatic rings. The number of rotatable bonds is 6. The van der Waals surface area contributed by atoms with Gasteiger partial charge < -0.3 is 9.47 Å². The zero-order valence-corrected chi connectivity index (χ0v) is 21.6. The molecule has 0 unspecified atom stereocenters. The molecule has 0 amide bonds. The van der Waals surface area contributed by atoms with E-state index in [1.165, 1.54) is 12.3 Å². The second kappa shape index (κ2) is 10.0. The molecule has 0 saturated carbocycles. The highest BCUT2D eigenvalue weighted by Gasteiger charge is 2.39. The summed E-state index contributed by atoms with van der Waals surface area (Å²) in [7, 11) is 1.70. The van der Waals surface area contributed by atoms with Crippen molar-refractivity contribution >= 4 is 16.8 Å². The number of likely N-dealkylation sites (tertiary alicyclic amines) is 1. The number of pyridine rings is 1. The molecule has 0 atom stereocenters. The molecule has 0 spiro atoms. The van der Waals surface area contributed by atoms with Crippen LogP contribution < -0.4 is 0 Å². The molecule has 3 heterocycles. The second-order valence-electron chi connectivity index (χ2n) is 10.2. The number of carbonyl (C=O) groups excluding carboxylic acids is 1. The van der Waals surface area contributed by atoms with Gasteiger partial charge in [-0.25, -0.2) is 4.98 Å². The van der Waals surface area contributed by atoms with Crippen molar-refractivity contribution in [2.75, 3.05) is 13.1 Å². The van der Waals surface area contributed by atoms with Gasteiger partial charge >= 0.3 is 6.18 Å². The van der Waals surface area contributed by atoms with E-state index in [1.54, 1.807) is 36.9 Å². The summed E-state index contributed by atoms with van der Waals surface area (Å²) in [5, 5.41) is 9.37. The smallest absolute Gasteiger partial charge is 0.375 e. The van der Waals surface area contributed by atoms with E-state index in [2.05, 4.69) is 30.3 Å². The van der Waals surface area contributed by atoms with Gasteiger partial charge in [0.05, 0.1) is 17.2 Å². The Balaban J connectivity index is 1.74. The largest absolute Gasteiger partial charge is 0.417 e. The van der Waals surface area contributed by atoms with Crippen LogP contribution in [0.15, 0.2) is 42.9 Å². The summed E-state index contributed by atoms with van der Waals surface area (Å²) in [5.41, 5.74) is 2.23. The van der Waals surface area contributed by atoms with Gasteiger partial charge in [-0.3, -0.25) is 4.79 Å². The second-order valence-corrected chi connectivity index (χ2v) is 10.2. The monoisotopic (exact) mass is 508 g/mol. The lowest BCUT2D eigenvalue weighted by molar-refractivity contribution is -0.136. The summed E-state index contributed by atoms with van der Waals surface area (Å²) < 4.78 is 45.5. The Morgan fingerprint density at radius 1 is 1.27 bits per heavy atom. The van der Waals surface area contributed by atoms with E-state index in [9.17, 15) is 23.2 Å². The number of halogens is 3. The third kappa shape index (κ3) is 5.13. The normalized spacial score (nSPS) is 14.8. The number of carbonyl (C=O) groups is 1. The van der Waals surface area contributed by atoms with Crippen LogP contribution in [-0.4, -0.2) is 33.3 Å². The number of nitrogens with zero attached hydrogens (tertiary/aromatic N) is 4. The van der Waals surface area contributed by atoms with Crippen molar-refractivity contribution in [3.05, 3.63) is 76.2 Å². The van der Waals surface area contributed by atoms with E-state index in [0.29, 0.717) is 35.4 Å². The van der Waals surface area contributed by atoms with Crippen molar-refractivity contribution in [1.29, 1.82) is 5.26 Å². The number of piperidine rings is 1. The third-order valence-electron chi connectivity index (χ3n) is 7.41. The van der Waals surface area contributed by atoms with Crippen molar-refractivity contribution in [3.8, 4) is 6.07 Å². The summed E-state index contributed by atoms with van der Waals surface area (Å²) in [6, 6.07) is 6.63. The molecule has 5 nitrogen and oxygen atoms in total. The van der Waals surface area contributed by atoms with Crippen molar-refractivity contribution in [2.24, 2.45) is 13.0 Å². The first-order valence-corrected chi connectivity index (χ1v) is 12.4. The maximum atomic E-state index is 14.6. The van der Waals surface area contributed by atoms with Gasteiger partial charge in [-0.2, -0.15) is 18.4 Å². The first-order valence-electron chi connectivity index (χ1n) is 12.4. The number of aromatic nitrogens is 2. The molecule has 0 N–H and O–H groups in total. The molecule has 1 aromatic carbocycles. The standard InChI is InChI=1S/C29H31F3N4O/c1-17(2)19(4)36-10-8-20(9-11-36)24-16-35(5)28-26(24)27(29(30,31)32)23(15-34-28)13-25(37)21-7-6-18(3)22(12-21)14-33/h6-7,12,15-17,20H,4,8-11,13H2,1-3,5H3. The minimum atomic E-state index is -4.66. The summed E-state index contributed by atoms with van der Waals surface area (Å²) in [6.45, 7) is 11.6. The van der Waals surface area contributed by atoms with Crippen LogP contribution in [0.1, 0.15) is 70.8 Å². The van der Waals surface area contributed by atoms with Crippen LogP contribution in [-0.2, 0) is 19.6 Å². The lowest BCUT2D eigenvalue weighted by Crippen LogP contribution is -2.33. The van der Waals surface area contributed by atoms with E-state index < -0.39 is 23.9 Å². The highest BCUT2D eigenvalue weighted by atomic mass is 19.4. The molecule has 37 heavy (non-hydrogen) atoms. The molecule has 0 radical (unpaired) electrons. The lowest BCUT2D eigenvalue weighted by Gasteiger charge is -2.36. The molecule has 1 aliphatic heterocycles. The Morgan fingerprint density at radius 3 is 2.54 bits per heavy atom. The summed E-state index contributed by atoms with van der Waals surface area (Å²) in [4.78, 5) is 19.6. The number of benzene rings is 1. The predicted octanol–water partition coefficient (Wildman–Crippen LogP) is 6.55. The molecule has 1 aliphatic rings. The van der Waals surface area contributed by atoms with Crippen LogP contribution in [0.5, 0.6) is 0 Å². The van der Waals surface area contributed by atoms with Crippen LogP contribution in [0, 0.1) is 24.2 Å². The molecule has 194 valence electrons. The average molecular weight is 509 g/mol. The Hall–Kier alpha value is -3.60. The zero-order valence-electron chi connectivity index (χ0n) is 21.6. The van der Waals surface area contributed by atoms with Crippen LogP contribution in [0.25, 0.3) is 11.0 Å². The molecule has 0 bridgehead atoms. The minimum absolute atomic E-state index is 0.0518. The van der Waals surface area contributed by atoms with Crippen LogP contribution >= 0.6 is 0 Å². The van der Waals surface area contributed by atoms with E-state index in [1.807, 2.05) is 6.07 Å². The summed E-state index contributed by atoms with van der Waals surface area (Å²) >= 11 is 0. The fourth-order valence-electron chi connectivity index (χ4n) is 5.22. The van der Waals surface area contributed by atoms with E-state index >= 15 is 0 Å². The van der Waals surface area contributed by atoms with Gasteiger partial charge in [0.1, 0.15) is 5.65 Å². The number of hydrogen-bond donors (Lipinski definition) is 0. The number of allylic oxidation sites excluding steroid dienone is 1. The third-order valence-corrected chi connectivity index (χ3v) is 7.41. The van der Waals surface area contributed by atoms with Crippen molar-refractivity contribution in [2.45, 2.75) is 52.1 Å². The van der Waals surface area contributed by atoms with Gasteiger partial charge in [0.25, 0.3) is 0 Å². The van der Waals surface area contributed by atoms with E-state index in [0.717, 1.165) is 18.8 Å². The molecule has 2 aromatic heterocycles. The topological polar surface area (TPSA) is 61.9 Å². The van der Waals surface area contributed by atoms with Crippen molar-refractivity contribution in [1.82, 2.24) is 14.5 Å². The quantitative estimate of drug-likeness (QED) is 0.355. The first-order chi connectivity index (χ1) is 17.4. The molecule has 1 fully saturated rings. The molecular formula is C29H31F3N4O. The Labute approximate surface area is 215 Å². The zero-order chi connectivity index (χ0) is 27.1. The van der Waals surface area contributed by atoms with Crippen molar-refractivity contribution in [3.63, 3.8) is 0 Å². The first kappa shape index (κ1) is 26.5. The fraction of sp³-hybridized carbons (Fsp3) is 0.414. The summed E-state index contributed by atoms with van der Waals surface area (Å²) in [5.74, 6) is -0.224. The average Bonchev–Trinajstić information content (AvgIpc) is 3.19.